The van der Waals surface area contributed by atoms with Crippen LogP contribution in [0.3, 0.4) is 0 Å². The first kappa shape index (κ1) is 26.0. The average Bonchev–Trinajstić information content (AvgIpc) is 3.15. The van der Waals surface area contributed by atoms with Crippen LogP contribution in [0, 0.1) is 0 Å². The second-order valence-electron chi connectivity index (χ2n) is 7.22. The fourth-order valence-corrected chi connectivity index (χ4v) is 3.54. The Morgan fingerprint density at radius 3 is 2.36 bits per heavy atom. The number of hydrogen-bond donors (Lipinski definition) is 1. The van der Waals surface area contributed by atoms with Crippen LogP contribution in [0.1, 0.15) is 31.4 Å². The number of rotatable bonds is 4. The number of alkyl halides is 2. The first-order valence-electron chi connectivity index (χ1n) is 10.9. The zero-order chi connectivity index (χ0) is 24.4. The SMILES string of the molecule is CC.CNC.Cn1cc(-c2cccc(-c3ccc4c(c3)CN(C=O)CCO4)c2C(F)F)cn1. The van der Waals surface area contributed by atoms with Crippen LogP contribution < -0.4 is 10.1 Å². The molecule has 1 N–H and O–H groups in total. The van der Waals surface area contributed by atoms with Gasteiger partial charge in [0.1, 0.15) is 12.4 Å². The first-order valence-corrected chi connectivity index (χ1v) is 10.9. The summed E-state index contributed by atoms with van der Waals surface area (Å²) >= 11 is 0. The van der Waals surface area contributed by atoms with Gasteiger partial charge in [-0.3, -0.25) is 9.48 Å². The Hall–Kier alpha value is -3.26. The third-order valence-electron chi connectivity index (χ3n) is 4.87. The van der Waals surface area contributed by atoms with Gasteiger partial charge < -0.3 is 15.0 Å². The minimum absolute atomic E-state index is 0.0303. The molecule has 0 aliphatic carbocycles. The third kappa shape index (κ3) is 6.38. The summed E-state index contributed by atoms with van der Waals surface area (Å²) in [6, 6.07) is 10.5. The zero-order valence-corrected chi connectivity index (χ0v) is 19.8. The normalized spacial score (nSPS) is 12.4. The Bertz CT molecular complexity index is 1040. The largest absolute Gasteiger partial charge is 0.491 e. The number of aryl methyl sites for hydroxylation is 1. The van der Waals surface area contributed by atoms with Crippen molar-refractivity contribution in [3.05, 3.63) is 59.9 Å². The van der Waals surface area contributed by atoms with E-state index >= 15 is 0 Å². The Labute approximate surface area is 194 Å². The molecular formula is C25H32F2N4O2. The Kier molecular flexibility index (Phi) is 10.00. The van der Waals surface area contributed by atoms with E-state index in [-0.39, 0.29) is 5.56 Å². The summed E-state index contributed by atoms with van der Waals surface area (Å²) in [6.07, 6.45) is 1.43. The van der Waals surface area contributed by atoms with Gasteiger partial charge in [0, 0.05) is 36.5 Å². The highest BCUT2D eigenvalue weighted by Crippen LogP contribution is 2.40. The summed E-state index contributed by atoms with van der Waals surface area (Å²) in [5.41, 5.74) is 3.00. The predicted octanol–water partition coefficient (Wildman–Crippen LogP) is 4.90. The predicted molar refractivity (Wildman–Crippen MR) is 127 cm³/mol. The Morgan fingerprint density at radius 1 is 1.12 bits per heavy atom. The highest BCUT2D eigenvalue weighted by atomic mass is 19.3. The molecule has 1 aliphatic rings. The summed E-state index contributed by atoms with van der Waals surface area (Å²) in [5, 5.41) is 6.85. The molecule has 4 rings (SSSR count). The van der Waals surface area contributed by atoms with Crippen LogP contribution in [-0.2, 0) is 18.4 Å². The van der Waals surface area contributed by atoms with Gasteiger partial charge in [-0.1, -0.05) is 38.1 Å². The van der Waals surface area contributed by atoms with Gasteiger partial charge >= 0.3 is 0 Å². The molecule has 0 bridgehead atoms. The van der Waals surface area contributed by atoms with Crippen molar-refractivity contribution in [3.8, 4) is 28.0 Å². The fraction of sp³-hybridized carbons (Fsp3) is 0.360. The van der Waals surface area contributed by atoms with Gasteiger partial charge in [-0.15, -0.1) is 0 Å². The van der Waals surface area contributed by atoms with Gasteiger partial charge in [0.25, 0.3) is 6.43 Å². The number of nitrogens with zero attached hydrogens (tertiary/aromatic N) is 3. The second-order valence-corrected chi connectivity index (χ2v) is 7.22. The van der Waals surface area contributed by atoms with Crippen molar-refractivity contribution in [3.63, 3.8) is 0 Å². The van der Waals surface area contributed by atoms with Crippen molar-refractivity contribution in [2.75, 3.05) is 27.2 Å². The maximum Gasteiger partial charge on any atom is 0.265 e. The molecule has 1 amide bonds. The third-order valence-corrected chi connectivity index (χ3v) is 4.87. The standard InChI is InChI=1S/C21H19F2N3O2.C2H7N.C2H6/c1-25-11-16(10-24-25)18-4-2-3-17(20(18)21(22)23)14-5-6-19-15(9-14)12-26(13-27)7-8-28-19;1-3-2;1-2/h2-6,9-11,13,21H,7-8,12H2,1H3;3H,1-2H3;1-2H3. The lowest BCUT2D eigenvalue weighted by Crippen LogP contribution is -2.23. The molecule has 0 fully saturated rings. The number of halogens is 2. The number of benzene rings is 2. The second kappa shape index (κ2) is 12.7. The highest BCUT2D eigenvalue weighted by molar-refractivity contribution is 5.79. The minimum Gasteiger partial charge on any atom is -0.491 e. The van der Waals surface area contributed by atoms with Crippen molar-refractivity contribution in [2.24, 2.45) is 7.05 Å². The van der Waals surface area contributed by atoms with Crippen molar-refractivity contribution in [1.29, 1.82) is 0 Å². The molecule has 1 aliphatic heterocycles. The van der Waals surface area contributed by atoms with Crippen LogP contribution in [-0.4, -0.2) is 48.3 Å². The lowest BCUT2D eigenvalue weighted by molar-refractivity contribution is -0.118. The molecule has 0 spiro atoms. The molecule has 3 aromatic rings. The first-order chi connectivity index (χ1) is 16.0. The molecule has 0 saturated carbocycles. The van der Waals surface area contributed by atoms with Crippen molar-refractivity contribution in [1.82, 2.24) is 20.0 Å². The van der Waals surface area contributed by atoms with E-state index in [1.54, 1.807) is 59.4 Å². The van der Waals surface area contributed by atoms with E-state index in [0.29, 0.717) is 47.7 Å². The van der Waals surface area contributed by atoms with Gasteiger partial charge in [0.05, 0.1) is 12.7 Å². The maximum atomic E-state index is 14.1. The zero-order valence-electron chi connectivity index (χ0n) is 19.8. The van der Waals surface area contributed by atoms with Crippen LogP contribution >= 0.6 is 0 Å². The van der Waals surface area contributed by atoms with Crippen LogP contribution in [0.25, 0.3) is 22.3 Å². The average molecular weight is 459 g/mol. The number of amides is 1. The summed E-state index contributed by atoms with van der Waals surface area (Å²) in [5.74, 6) is 0.676. The Morgan fingerprint density at radius 2 is 1.79 bits per heavy atom. The number of nitrogens with one attached hydrogen (secondary N) is 1. The van der Waals surface area contributed by atoms with E-state index in [1.807, 2.05) is 34.0 Å². The van der Waals surface area contributed by atoms with Gasteiger partial charge in [-0.05, 0) is 42.9 Å². The maximum absolute atomic E-state index is 14.1. The van der Waals surface area contributed by atoms with E-state index in [1.165, 1.54) is 0 Å². The number of carbonyl (C=O) groups is 1. The van der Waals surface area contributed by atoms with E-state index in [0.717, 1.165) is 12.0 Å². The summed E-state index contributed by atoms with van der Waals surface area (Å²) in [4.78, 5) is 12.8. The molecule has 0 saturated heterocycles. The quantitative estimate of drug-likeness (QED) is 0.565. The number of fused-ring (bicyclic) bond motifs is 1. The number of aromatic nitrogens is 2. The lowest BCUT2D eigenvalue weighted by atomic mass is 9.92. The van der Waals surface area contributed by atoms with Crippen molar-refractivity contribution >= 4 is 6.41 Å². The molecule has 0 radical (unpaired) electrons. The molecule has 2 aromatic carbocycles. The van der Waals surface area contributed by atoms with Crippen LogP contribution in [0.15, 0.2) is 48.8 Å². The number of hydrogen-bond acceptors (Lipinski definition) is 4. The van der Waals surface area contributed by atoms with Gasteiger partial charge in [-0.2, -0.15) is 5.10 Å². The molecule has 33 heavy (non-hydrogen) atoms. The molecule has 1 aromatic heterocycles. The number of carbonyl (C=O) groups excluding carboxylic acids is 1. The Balaban J connectivity index is 0.000000714. The molecule has 6 nitrogen and oxygen atoms in total. The molecule has 0 atom stereocenters. The smallest absolute Gasteiger partial charge is 0.265 e. The van der Waals surface area contributed by atoms with Gasteiger partial charge in [-0.25, -0.2) is 8.78 Å². The summed E-state index contributed by atoms with van der Waals surface area (Å²) in [6.45, 7) is 5.29. The van der Waals surface area contributed by atoms with Crippen LogP contribution in [0.2, 0.25) is 0 Å². The van der Waals surface area contributed by atoms with Gasteiger partial charge in [0.2, 0.25) is 6.41 Å². The van der Waals surface area contributed by atoms with Crippen molar-refractivity contribution in [2.45, 2.75) is 26.8 Å². The minimum atomic E-state index is -2.65. The van der Waals surface area contributed by atoms with E-state index in [4.69, 9.17) is 4.74 Å². The van der Waals surface area contributed by atoms with E-state index in [2.05, 4.69) is 10.4 Å². The van der Waals surface area contributed by atoms with Gasteiger partial charge in [0.15, 0.2) is 0 Å². The van der Waals surface area contributed by atoms with E-state index < -0.39 is 6.43 Å². The summed E-state index contributed by atoms with van der Waals surface area (Å²) in [7, 11) is 5.50. The molecular weight excluding hydrogens is 426 g/mol. The van der Waals surface area contributed by atoms with Crippen molar-refractivity contribution < 1.29 is 18.3 Å². The summed E-state index contributed by atoms with van der Waals surface area (Å²) < 4.78 is 35.4. The monoisotopic (exact) mass is 458 g/mol. The van der Waals surface area contributed by atoms with Crippen LogP contribution in [0.4, 0.5) is 8.78 Å². The number of ether oxygens (including phenoxy) is 1. The molecule has 8 heteroatoms. The molecule has 2 heterocycles. The van der Waals surface area contributed by atoms with Crippen LogP contribution in [0.5, 0.6) is 5.75 Å². The molecule has 178 valence electrons. The molecule has 0 unspecified atom stereocenters. The lowest BCUT2D eigenvalue weighted by Gasteiger charge is -2.16. The fourth-order valence-electron chi connectivity index (χ4n) is 3.54. The van der Waals surface area contributed by atoms with E-state index in [9.17, 15) is 13.6 Å². The topological polar surface area (TPSA) is 59.4 Å². The highest BCUT2D eigenvalue weighted by Gasteiger charge is 2.22.